The van der Waals surface area contributed by atoms with Crippen molar-refractivity contribution >= 4 is 39.1 Å². The zero-order valence-corrected chi connectivity index (χ0v) is 17.7. The van der Waals surface area contributed by atoms with Crippen LogP contribution >= 0.6 is 11.8 Å². The number of benzene rings is 1. The number of amides is 1. The smallest absolute Gasteiger partial charge is 0.383 e. The number of sulfonamides is 1. The molecule has 0 saturated heterocycles. The van der Waals surface area contributed by atoms with E-state index in [1.807, 2.05) is 4.72 Å². The number of nitrogens with one attached hydrogen (secondary N) is 3. The Morgan fingerprint density at radius 3 is 2.42 bits per heavy atom. The Balaban J connectivity index is 1.82. The van der Waals surface area contributed by atoms with Crippen LogP contribution in [0, 0.1) is 11.6 Å². The second-order valence-corrected chi connectivity index (χ2v) is 9.94. The van der Waals surface area contributed by atoms with Crippen LogP contribution in [0.1, 0.15) is 23.3 Å². The van der Waals surface area contributed by atoms with Crippen molar-refractivity contribution in [3.8, 4) is 0 Å². The molecule has 1 aliphatic rings. The molecule has 1 amide bonds. The van der Waals surface area contributed by atoms with Crippen molar-refractivity contribution in [3.05, 3.63) is 41.7 Å². The molecule has 1 aromatic carbocycles. The molecule has 0 aliphatic heterocycles. The molecule has 0 atom stereocenters. The van der Waals surface area contributed by atoms with E-state index in [0.717, 1.165) is 29.0 Å². The number of halogens is 5. The van der Waals surface area contributed by atoms with Crippen molar-refractivity contribution in [1.29, 1.82) is 0 Å². The molecule has 3 N–H and O–H groups in total. The van der Waals surface area contributed by atoms with Crippen molar-refractivity contribution < 1.29 is 35.2 Å². The number of carbonyl (C=O) groups is 1. The minimum absolute atomic E-state index is 0.00816. The van der Waals surface area contributed by atoms with Gasteiger partial charge in [0.05, 0.1) is 10.6 Å². The molecule has 0 spiro atoms. The number of aromatic nitrogens is 1. The quantitative estimate of drug-likeness (QED) is 0.413. The second kappa shape index (κ2) is 7.98. The van der Waals surface area contributed by atoms with Gasteiger partial charge in [-0.3, -0.25) is 4.79 Å². The Kier molecular flexibility index (Phi) is 6.01. The summed E-state index contributed by atoms with van der Waals surface area (Å²) in [5.74, 6) is -2.83. The lowest BCUT2D eigenvalue weighted by Crippen LogP contribution is -2.36. The molecule has 3 rings (SSSR count). The fourth-order valence-electron chi connectivity index (χ4n) is 2.84. The summed E-state index contributed by atoms with van der Waals surface area (Å²) in [6.07, 6.45) is 1.06. The highest BCUT2D eigenvalue weighted by Crippen LogP contribution is 2.53. The van der Waals surface area contributed by atoms with Gasteiger partial charge >= 0.3 is 5.51 Å². The van der Waals surface area contributed by atoms with E-state index in [-0.39, 0.29) is 24.2 Å². The largest absolute Gasteiger partial charge is 0.443 e. The summed E-state index contributed by atoms with van der Waals surface area (Å²) in [5.41, 5.74) is -5.64. The molecule has 2 aromatic rings. The minimum Gasteiger partial charge on any atom is -0.383 e. The molecular weight excluding hydrogens is 467 g/mol. The van der Waals surface area contributed by atoms with E-state index in [2.05, 4.69) is 10.6 Å². The van der Waals surface area contributed by atoms with Gasteiger partial charge in [-0.25, -0.2) is 17.2 Å². The molecule has 170 valence electrons. The normalized spacial score (nSPS) is 15.6. The van der Waals surface area contributed by atoms with Gasteiger partial charge in [-0.05, 0) is 42.8 Å². The number of rotatable bonds is 7. The first-order chi connectivity index (χ1) is 14.3. The number of carbonyl (C=O) groups excluding carboxylic acids is 1. The maximum Gasteiger partial charge on any atom is 0.443 e. The summed E-state index contributed by atoms with van der Waals surface area (Å²) < 4.78 is 94.2. The summed E-state index contributed by atoms with van der Waals surface area (Å²) in [6, 6.07) is 2.88. The summed E-state index contributed by atoms with van der Waals surface area (Å²) in [4.78, 5) is 10.4. The van der Waals surface area contributed by atoms with Gasteiger partial charge in [0.2, 0.25) is 10.0 Å². The monoisotopic (exact) mass is 484 g/mol. The van der Waals surface area contributed by atoms with E-state index >= 15 is 0 Å². The molecule has 7 nitrogen and oxygen atoms in total. The van der Waals surface area contributed by atoms with Gasteiger partial charge in [0, 0.05) is 20.3 Å². The maximum atomic E-state index is 14.3. The molecular formula is C17H17F5N4O3S2. The minimum atomic E-state index is -4.62. The Hall–Kier alpha value is -2.32. The third-order valence-electron chi connectivity index (χ3n) is 4.45. The van der Waals surface area contributed by atoms with Crippen molar-refractivity contribution in [2.45, 2.75) is 28.1 Å². The summed E-state index contributed by atoms with van der Waals surface area (Å²) in [5, 5.41) is 4.54. The number of alkyl halides is 3. The number of anilines is 2. The van der Waals surface area contributed by atoms with Crippen molar-refractivity contribution in [3.63, 3.8) is 0 Å². The van der Waals surface area contributed by atoms with Crippen LogP contribution in [0.25, 0.3) is 0 Å². The maximum absolute atomic E-state index is 14.3. The molecule has 14 heteroatoms. The highest BCUT2D eigenvalue weighted by Gasteiger charge is 2.54. The molecule has 1 aliphatic carbocycles. The average Bonchev–Trinajstić information content (AvgIpc) is 3.22. The highest BCUT2D eigenvalue weighted by molar-refractivity contribution is 8.02. The molecule has 0 bridgehead atoms. The predicted octanol–water partition coefficient (Wildman–Crippen LogP) is 3.62. The van der Waals surface area contributed by atoms with E-state index in [1.54, 1.807) is 0 Å². The van der Waals surface area contributed by atoms with Crippen LogP contribution in [-0.4, -0.2) is 36.3 Å². The summed E-state index contributed by atoms with van der Waals surface area (Å²) in [6.45, 7) is 0. The van der Waals surface area contributed by atoms with Gasteiger partial charge in [0.1, 0.15) is 22.1 Å². The van der Waals surface area contributed by atoms with Gasteiger partial charge < -0.3 is 15.2 Å². The van der Waals surface area contributed by atoms with Crippen LogP contribution < -0.4 is 15.4 Å². The first kappa shape index (κ1) is 23.3. The van der Waals surface area contributed by atoms with Crippen molar-refractivity contribution in [2.75, 3.05) is 17.7 Å². The molecule has 1 fully saturated rings. The van der Waals surface area contributed by atoms with Gasteiger partial charge in [0.25, 0.3) is 5.91 Å². The third-order valence-corrected chi connectivity index (χ3v) is 7.21. The van der Waals surface area contributed by atoms with Crippen molar-refractivity contribution in [1.82, 2.24) is 9.29 Å². The lowest BCUT2D eigenvalue weighted by molar-refractivity contribution is -0.0336. The number of aryl methyl sites for hydroxylation is 1. The Labute approximate surface area is 178 Å². The first-order valence-electron chi connectivity index (χ1n) is 8.71. The molecule has 1 heterocycles. The molecule has 1 aromatic heterocycles. The van der Waals surface area contributed by atoms with Crippen LogP contribution in [0.5, 0.6) is 0 Å². The third kappa shape index (κ3) is 5.13. The SMILES string of the molecule is CNc1c(F)ccc(NC(=O)c2cc(S(=O)(=O)NC3(SC(F)(F)F)CC3)cn2C)c1F. The average molecular weight is 484 g/mol. The van der Waals surface area contributed by atoms with Crippen LogP contribution in [0.4, 0.5) is 33.3 Å². The number of hydrogen-bond donors (Lipinski definition) is 3. The fraction of sp³-hybridized carbons (Fsp3) is 0.353. The second-order valence-electron chi connectivity index (χ2n) is 6.81. The lowest BCUT2D eigenvalue weighted by atomic mass is 10.2. The van der Waals surface area contributed by atoms with Crippen LogP contribution in [0.2, 0.25) is 0 Å². The Morgan fingerprint density at radius 2 is 1.87 bits per heavy atom. The number of nitrogens with zero attached hydrogens (tertiary/aromatic N) is 1. The van der Waals surface area contributed by atoms with Gasteiger partial charge in [-0.15, -0.1) is 0 Å². The molecule has 0 radical (unpaired) electrons. The van der Waals surface area contributed by atoms with Crippen molar-refractivity contribution in [2.24, 2.45) is 7.05 Å². The zero-order chi connectivity index (χ0) is 23.2. The van der Waals surface area contributed by atoms with Gasteiger partial charge in [-0.2, -0.15) is 17.9 Å². The zero-order valence-electron chi connectivity index (χ0n) is 16.1. The molecule has 0 unspecified atom stereocenters. The van der Waals surface area contributed by atoms with E-state index in [4.69, 9.17) is 0 Å². The molecule has 31 heavy (non-hydrogen) atoms. The standard InChI is InChI=1S/C17H17F5N4O3S2/c1-23-14-10(18)3-4-11(13(14)19)24-15(27)12-7-9(8-26(12)2)31(28,29)25-16(5-6-16)30-17(20,21)22/h3-4,7-8,23,25H,5-6H2,1-2H3,(H,24,27). The Morgan fingerprint density at radius 1 is 1.23 bits per heavy atom. The van der Waals surface area contributed by atoms with E-state index in [1.165, 1.54) is 14.1 Å². The number of thioether (sulfide) groups is 1. The van der Waals surface area contributed by atoms with Crippen LogP contribution in [-0.2, 0) is 17.1 Å². The number of hydrogen-bond acceptors (Lipinski definition) is 5. The van der Waals surface area contributed by atoms with E-state index < -0.39 is 60.3 Å². The fourth-order valence-corrected chi connectivity index (χ4v) is 5.46. The van der Waals surface area contributed by atoms with E-state index in [0.29, 0.717) is 0 Å². The lowest BCUT2D eigenvalue weighted by Gasteiger charge is -2.17. The summed E-state index contributed by atoms with van der Waals surface area (Å²) >= 11 is -0.438. The van der Waals surface area contributed by atoms with Crippen LogP contribution in [0.3, 0.4) is 0 Å². The van der Waals surface area contributed by atoms with E-state index in [9.17, 15) is 35.2 Å². The van der Waals surface area contributed by atoms with Crippen LogP contribution in [0.15, 0.2) is 29.3 Å². The van der Waals surface area contributed by atoms with Gasteiger partial charge in [-0.1, -0.05) is 0 Å². The Bertz CT molecular complexity index is 1130. The highest BCUT2D eigenvalue weighted by atomic mass is 32.2. The topological polar surface area (TPSA) is 92.2 Å². The van der Waals surface area contributed by atoms with Gasteiger partial charge in [0.15, 0.2) is 5.82 Å². The summed E-state index contributed by atoms with van der Waals surface area (Å²) in [7, 11) is -1.74. The molecule has 1 saturated carbocycles. The predicted molar refractivity (Wildman–Crippen MR) is 105 cm³/mol. The first-order valence-corrected chi connectivity index (χ1v) is 11.0.